The van der Waals surface area contributed by atoms with E-state index in [0.717, 1.165) is 56.5 Å². The Labute approximate surface area is 206 Å². The van der Waals surface area contributed by atoms with Gasteiger partial charge < -0.3 is 9.84 Å². The molecule has 2 aliphatic rings. The topological polar surface area (TPSA) is 49.8 Å². The summed E-state index contributed by atoms with van der Waals surface area (Å²) in [6, 6.07) is 11.2. The highest BCUT2D eigenvalue weighted by Gasteiger charge is 2.34. The second kappa shape index (κ2) is 10.4. The van der Waals surface area contributed by atoms with Crippen LogP contribution in [0.4, 0.5) is 0 Å². The molecule has 1 saturated carbocycles. The highest BCUT2D eigenvalue weighted by molar-refractivity contribution is 6.77. The van der Waals surface area contributed by atoms with Gasteiger partial charge in [-0.05, 0) is 86.4 Å². The van der Waals surface area contributed by atoms with E-state index in [1.807, 2.05) is 0 Å². The maximum Gasteiger partial charge on any atom is 0.306 e. The lowest BCUT2D eigenvalue weighted by Gasteiger charge is -2.39. The Kier molecular flexibility index (Phi) is 7.73. The van der Waals surface area contributed by atoms with Gasteiger partial charge in [0.05, 0.1) is 12.0 Å². The number of fused-ring (bicyclic) bond motifs is 1. The van der Waals surface area contributed by atoms with E-state index in [2.05, 4.69) is 68.7 Å². The molecule has 4 rings (SSSR count). The molecule has 0 spiro atoms. The Morgan fingerprint density at radius 3 is 2.38 bits per heavy atom. The van der Waals surface area contributed by atoms with Gasteiger partial charge in [-0.25, -0.2) is 0 Å². The van der Waals surface area contributed by atoms with E-state index in [0.29, 0.717) is 12.1 Å². The summed E-state index contributed by atoms with van der Waals surface area (Å²) >= 11 is 0. The fraction of sp³-hybridized carbons (Fsp3) is 0.621. The van der Waals surface area contributed by atoms with Gasteiger partial charge in [0.25, 0.3) is 0 Å². The molecular weight excluding hydrogens is 438 g/mol. The Bertz CT molecular complexity index is 1010. The summed E-state index contributed by atoms with van der Waals surface area (Å²) in [6.07, 6.45) is 7.64. The quantitative estimate of drug-likeness (QED) is 0.423. The lowest BCUT2D eigenvalue weighted by atomic mass is 9.88. The normalized spacial score (nSPS) is 26.5. The van der Waals surface area contributed by atoms with Gasteiger partial charge in [0.2, 0.25) is 0 Å². The number of rotatable bonds is 7. The van der Waals surface area contributed by atoms with Crippen LogP contribution in [0.3, 0.4) is 0 Å². The van der Waals surface area contributed by atoms with E-state index >= 15 is 0 Å². The molecule has 2 fully saturated rings. The monoisotopic (exact) mass is 481 g/mol. The van der Waals surface area contributed by atoms with Gasteiger partial charge in [-0.3, -0.25) is 9.69 Å². The number of carbonyl (C=O) groups is 1. The standard InChI is InChI=1S/C29H43NO3Si/c1-6-22-18-21(29(31)32)15-16-30(22)19-27-26-10-8-7-9-25(26)20(2)17-28(27)33-23-11-13-24(14-12-23)34(3,4)5/h7-10,17,21-24H,6,11-16,18-19H2,1-5H3,(H,31,32). The first kappa shape index (κ1) is 25.2. The molecule has 2 unspecified atom stereocenters. The highest BCUT2D eigenvalue weighted by atomic mass is 28.3. The molecule has 2 aromatic carbocycles. The van der Waals surface area contributed by atoms with Crippen molar-refractivity contribution in [1.82, 2.24) is 4.90 Å². The average Bonchev–Trinajstić information content (AvgIpc) is 2.81. The molecule has 4 nitrogen and oxygen atoms in total. The van der Waals surface area contributed by atoms with Crippen molar-refractivity contribution in [1.29, 1.82) is 0 Å². The van der Waals surface area contributed by atoms with Crippen LogP contribution in [0.5, 0.6) is 5.75 Å². The van der Waals surface area contributed by atoms with Crippen LogP contribution < -0.4 is 4.74 Å². The summed E-state index contributed by atoms with van der Waals surface area (Å²) in [5.74, 6) is 0.188. The molecule has 1 saturated heterocycles. The molecule has 0 amide bonds. The lowest BCUT2D eigenvalue weighted by molar-refractivity contribution is -0.144. The van der Waals surface area contributed by atoms with E-state index in [1.54, 1.807) is 0 Å². The van der Waals surface area contributed by atoms with Gasteiger partial charge in [-0.2, -0.15) is 0 Å². The molecule has 34 heavy (non-hydrogen) atoms. The Balaban J connectivity index is 1.60. The highest BCUT2D eigenvalue weighted by Crippen LogP contribution is 2.40. The van der Waals surface area contributed by atoms with Gasteiger partial charge >= 0.3 is 5.97 Å². The summed E-state index contributed by atoms with van der Waals surface area (Å²) in [7, 11) is -1.09. The number of piperidine rings is 1. The number of likely N-dealkylation sites (tertiary alicyclic amines) is 1. The first-order chi connectivity index (χ1) is 16.2. The number of benzene rings is 2. The number of carboxylic acids is 1. The maximum atomic E-state index is 11.6. The molecule has 186 valence electrons. The summed E-state index contributed by atoms with van der Waals surface area (Å²) in [5.41, 5.74) is 3.45. The number of nitrogens with zero attached hydrogens (tertiary/aromatic N) is 1. The third kappa shape index (κ3) is 5.51. The first-order valence-corrected chi connectivity index (χ1v) is 16.9. The van der Waals surface area contributed by atoms with Crippen LogP contribution in [0.1, 0.15) is 63.0 Å². The SMILES string of the molecule is CCC1CC(C(=O)O)CCN1Cc1c(OC2CCC([Si](C)(C)C)CC2)cc(C)c2ccccc12. The Morgan fingerprint density at radius 1 is 1.09 bits per heavy atom. The molecule has 1 heterocycles. The molecule has 0 aromatic heterocycles. The number of aliphatic carboxylic acids is 1. The zero-order valence-corrected chi connectivity index (χ0v) is 22.8. The van der Waals surface area contributed by atoms with Crippen LogP contribution in [-0.2, 0) is 11.3 Å². The van der Waals surface area contributed by atoms with Gasteiger partial charge in [-0.1, -0.05) is 50.8 Å². The van der Waals surface area contributed by atoms with Gasteiger partial charge in [0.1, 0.15) is 5.75 Å². The molecule has 0 bridgehead atoms. The predicted molar refractivity (Wildman–Crippen MR) is 144 cm³/mol. The molecule has 2 aromatic rings. The predicted octanol–water partition coefficient (Wildman–Crippen LogP) is 7.25. The van der Waals surface area contributed by atoms with Crippen LogP contribution >= 0.6 is 0 Å². The number of ether oxygens (including phenoxy) is 1. The largest absolute Gasteiger partial charge is 0.490 e. The minimum absolute atomic E-state index is 0.215. The lowest BCUT2D eigenvalue weighted by Crippen LogP contribution is -2.43. The number of hydrogen-bond donors (Lipinski definition) is 1. The molecule has 2 atom stereocenters. The van der Waals surface area contributed by atoms with E-state index in [4.69, 9.17) is 4.74 Å². The van der Waals surface area contributed by atoms with Crippen molar-refractivity contribution >= 4 is 24.8 Å². The van der Waals surface area contributed by atoms with E-state index < -0.39 is 14.0 Å². The number of carboxylic acid groups (broad SMARTS) is 1. The summed E-state index contributed by atoms with van der Waals surface area (Å²) in [6.45, 7) is 13.5. The fourth-order valence-corrected chi connectivity index (χ4v) is 8.30. The van der Waals surface area contributed by atoms with Crippen LogP contribution in [0.25, 0.3) is 10.8 Å². The second-order valence-electron chi connectivity index (χ2n) is 11.8. The summed E-state index contributed by atoms with van der Waals surface area (Å²) in [4.78, 5) is 14.1. The molecule has 0 radical (unpaired) electrons. The van der Waals surface area contributed by atoms with Crippen LogP contribution in [0.2, 0.25) is 25.2 Å². The maximum absolute atomic E-state index is 11.6. The third-order valence-corrected chi connectivity index (χ3v) is 11.6. The molecule has 1 aliphatic heterocycles. The van der Waals surface area contributed by atoms with Gasteiger partial charge in [0, 0.05) is 26.2 Å². The molecule has 1 aliphatic carbocycles. The van der Waals surface area contributed by atoms with Crippen molar-refractivity contribution < 1.29 is 14.6 Å². The first-order valence-electron chi connectivity index (χ1n) is 13.3. The second-order valence-corrected chi connectivity index (χ2v) is 17.3. The molecule has 1 N–H and O–H groups in total. The minimum atomic E-state index is -1.09. The number of aryl methyl sites for hydroxylation is 1. The zero-order chi connectivity index (χ0) is 24.5. The van der Waals surface area contributed by atoms with Crippen molar-refractivity contribution in [2.75, 3.05) is 6.54 Å². The van der Waals surface area contributed by atoms with E-state index in [9.17, 15) is 9.90 Å². The summed E-state index contributed by atoms with van der Waals surface area (Å²) < 4.78 is 6.80. The average molecular weight is 482 g/mol. The van der Waals surface area contributed by atoms with Gasteiger partial charge in [-0.15, -0.1) is 0 Å². The minimum Gasteiger partial charge on any atom is -0.490 e. The number of hydrogen-bond acceptors (Lipinski definition) is 3. The molecular formula is C29H43NO3Si. The van der Waals surface area contributed by atoms with E-state index in [1.165, 1.54) is 34.7 Å². The third-order valence-electron chi connectivity index (χ3n) is 8.53. The molecule has 5 heteroatoms. The van der Waals surface area contributed by atoms with Gasteiger partial charge in [0.15, 0.2) is 0 Å². The van der Waals surface area contributed by atoms with Crippen molar-refractivity contribution in [2.45, 2.75) is 103 Å². The van der Waals surface area contributed by atoms with Crippen molar-refractivity contribution in [3.63, 3.8) is 0 Å². The van der Waals surface area contributed by atoms with Crippen molar-refractivity contribution in [3.05, 3.63) is 41.5 Å². The van der Waals surface area contributed by atoms with Crippen molar-refractivity contribution in [3.8, 4) is 5.75 Å². The smallest absolute Gasteiger partial charge is 0.306 e. The fourth-order valence-electron chi connectivity index (χ4n) is 6.24. The van der Waals surface area contributed by atoms with Crippen molar-refractivity contribution in [2.24, 2.45) is 5.92 Å². The van der Waals surface area contributed by atoms with Crippen LogP contribution in [-0.4, -0.2) is 42.7 Å². The Morgan fingerprint density at radius 2 is 1.76 bits per heavy atom. The van der Waals surface area contributed by atoms with E-state index in [-0.39, 0.29) is 5.92 Å². The van der Waals surface area contributed by atoms with Crippen LogP contribution in [0, 0.1) is 12.8 Å². The zero-order valence-electron chi connectivity index (χ0n) is 21.8. The Hall–Kier alpha value is -1.85. The summed E-state index contributed by atoms with van der Waals surface area (Å²) in [5, 5.41) is 12.1. The van der Waals surface area contributed by atoms with Crippen LogP contribution in [0.15, 0.2) is 30.3 Å².